The second kappa shape index (κ2) is 9.72. The number of hydrogen-bond acceptors (Lipinski definition) is 3. The summed E-state index contributed by atoms with van der Waals surface area (Å²) in [4.78, 5) is 1.62. The molecule has 0 aliphatic heterocycles. The van der Waals surface area contributed by atoms with Crippen molar-refractivity contribution < 1.29 is 5.11 Å². The van der Waals surface area contributed by atoms with Gasteiger partial charge in [0.2, 0.25) is 0 Å². The molecule has 0 atom stereocenters. The molecule has 2 aromatic carbocycles. The number of aromatic nitrogens is 3. The number of benzene rings is 2. The minimum atomic E-state index is 0.320. The van der Waals surface area contributed by atoms with E-state index in [1.807, 2.05) is 6.07 Å². The first-order valence-corrected chi connectivity index (χ1v) is 10.9. The Bertz CT molecular complexity index is 914. The monoisotopic (exact) mass is 379 g/mol. The number of aromatic hydroxyl groups is 1. The van der Waals surface area contributed by atoms with E-state index in [-0.39, 0.29) is 0 Å². The van der Waals surface area contributed by atoms with E-state index < -0.39 is 0 Å². The van der Waals surface area contributed by atoms with Crippen LogP contribution in [0.3, 0.4) is 0 Å². The molecule has 1 N–H and O–H groups in total. The van der Waals surface area contributed by atoms with Crippen LogP contribution in [0.1, 0.15) is 76.0 Å². The van der Waals surface area contributed by atoms with E-state index in [2.05, 4.69) is 50.1 Å². The highest BCUT2D eigenvalue weighted by Crippen LogP contribution is 2.30. The number of hydrogen-bond donors (Lipinski definition) is 1. The van der Waals surface area contributed by atoms with Crippen LogP contribution in [0.15, 0.2) is 30.3 Å². The van der Waals surface area contributed by atoms with Gasteiger partial charge >= 0.3 is 0 Å². The molecule has 28 heavy (non-hydrogen) atoms. The van der Waals surface area contributed by atoms with Crippen LogP contribution in [0.5, 0.6) is 5.75 Å². The van der Waals surface area contributed by atoms with Gasteiger partial charge in [-0.3, -0.25) is 0 Å². The minimum Gasteiger partial charge on any atom is -0.505 e. The van der Waals surface area contributed by atoms with Gasteiger partial charge in [-0.15, -0.1) is 15.0 Å². The maximum Gasteiger partial charge on any atom is 0.146 e. The van der Waals surface area contributed by atoms with Gasteiger partial charge < -0.3 is 5.11 Å². The zero-order chi connectivity index (χ0) is 19.9. The van der Waals surface area contributed by atoms with Crippen LogP contribution in [-0.2, 0) is 19.3 Å². The number of aryl methyl sites for hydroxylation is 3. The van der Waals surface area contributed by atoms with Crippen molar-refractivity contribution in [3.05, 3.63) is 47.0 Å². The third-order valence-electron chi connectivity index (χ3n) is 5.33. The number of unbranched alkanes of at least 4 members (excludes halogenated alkanes) is 3. The zero-order valence-electron chi connectivity index (χ0n) is 17.5. The summed E-state index contributed by atoms with van der Waals surface area (Å²) in [6.45, 7) is 6.59. The van der Waals surface area contributed by atoms with Crippen molar-refractivity contribution in [3.8, 4) is 11.4 Å². The smallest absolute Gasteiger partial charge is 0.146 e. The van der Waals surface area contributed by atoms with Gasteiger partial charge in [0.1, 0.15) is 22.5 Å². The quantitative estimate of drug-likeness (QED) is 0.459. The largest absolute Gasteiger partial charge is 0.505 e. The second-order valence-corrected chi connectivity index (χ2v) is 7.75. The lowest BCUT2D eigenvalue weighted by Gasteiger charge is -2.12. The van der Waals surface area contributed by atoms with E-state index >= 15 is 0 Å². The fourth-order valence-electron chi connectivity index (χ4n) is 3.58. The topological polar surface area (TPSA) is 50.9 Å². The molecule has 0 saturated carbocycles. The molecule has 4 nitrogen and oxygen atoms in total. The Morgan fingerprint density at radius 1 is 0.750 bits per heavy atom. The van der Waals surface area contributed by atoms with Crippen molar-refractivity contribution in [3.63, 3.8) is 0 Å². The highest BCUT2D eigenvalue weighted by atomic mass is 16.3. The summed E-state index contributed by atoms with van der Waals surface area (Å²) in [6, 6.07) is 10.5. The molecule has 0 radical (unpaired) electrons. The summed E-state index contributed by atoms with van der Waals surface area (Å²) in [7, 11) is 0. The Morgan fingerprint density at radius 2 is 1.39 bits per heavy atom. The van der Waals surface area contributed by atoms with Crippen LogP contribution < -0.4 is 0 Å². The standard InChI is InChI=1S/C24H33N3O/c1-4-7-10-18-13-14-21-22(16-18)26-27(25-21)23-17-19(11-8-5-2)15-20(24(23)28)12-9-6-3/h13-17,28H,4-12H2,1-3H3. The van der Waals surface area contributed by atoms with Gasteiger partial charge in [0.15, 0.2) is 0 Å². The summed E-state index contributed by atoms with van der Waals surface area (Å²) >= 11 is 0. The van der Waals surface area contributed by atoms with Gasteiger partial charge in [-0.05, 0) is 73.4 Å². The molecule has 1 aromatic heterocycles. The number of fused-ring (bicyclic) bond motifs is 1. The predicted octanol–water partition coefficient (Wildman–Crippen LogP) is 6.15. The van der Waals surface area contributed by atoms with E-state index in [0.717, 1.165) is 61.5 Å². The Morgan fingerprint density at radius 3 is 2.11 bits per heavy atom. The highest BCUT2D eigenvalue weighted by Gasteiger charge is 2.15. The average molecular weight is 380 g/mol. The molecule has 0 aliphatic carbocycles. The molecule has 0 unspecified atom stereocenters. The van der Waals surface area contributed by atoms with E-state index in [9.17, 15) is 5.11 Å². The van der Waals surface area contributed by atoms with Crippen LogP contribution in [-0.4, -0.2) is 20.1 Å². The Balaban J connectivity index is 2.00. The summed E-state index contributed by atoms with van der Waals surface area (Å²) < 4.78 is 0. The molecule has 4 heteroatoms. The van der Waals surface area contributed by atoms with Crippen LogP contribution in [0, 0.1) is 0 Å². The lowest BCUT2D eigenvalue weighted by atomic mass is 10.00. The molecule has 0 amide bonds. The maximum atomic E-state index is 10.9. The molecule has 3 aromatic rings. The SMILES string of the molecule is CCCCc1cc(CCCC)c(O)c(-n2nc3ccc(CCCC)cc3n2)c1. The molecule has 3 rings (SSSR count). The van der Waals surface area contributed by atoms with E-state index in [0.29, 0.717) is 11.4 Å². The van der Waals surface area contributed by atoms with E-state index in [1.54, 1.807) is 4.80 Å². The van der Waals surface area contributed by atoms with Gasteiger partial charge in [-0.1, -0.05) is 52.2 Å². The third kappa shape index (κ3) is 4.73. The highest BCUT2D eigenvalue weighted by molar-refractivity contribution is 5.75. The first-order valence-electron chi connectivity index (χ1n) is 10.9. The third-order valence-corrected chi connectivity index (χ3v) is 5.33. The number of phenolic OH excluding ortho intramolecular Hbond substituents is 1. The van der Waals surface area contributed by atoms with Crippen molar-refractivity contribution in [2.24, 2.45) is 0 Å². The molecule has 0 saturated heterocycles. The second-order valence-electron chi connectivity index (χ2n) is 7.75. The Hall–Kier alpha value is -2.36. The van der Waals surface area contributed by atoms with Crippen molar-refractivity contribution in [1.29, 1.82) is 0 Å². The zero-order valence-corrected chi connectivity index (χ0v) is 17.5. The molecule has 0 spiro atoms. The van der Waals surface area contributed by atoms with Crippen molar-refractivity contribution in [2.75, 3.05) is 0 Å². The normalized spacial score (nSPS) is 11.4. The fraction of sp³-hybridized carbons (Fsp3) is 0.500. The molecule has 0 fully saturated rings. The number of rotatable bonds is 10. The molecular weight excluding hydrogens is 346 g/mol. The van der Waals surface area contributed by atoms with Gasteiger partial charge in [-0.2, -0.15) is 0 Å². The predicted molar refractivity (Wildman–Crippen MR) is 116 cm³/mol. The Labute approximate surface area is 168 Å². The lowest BCUT2D eigenvalue weighted by Crippen LogP contribution is -2.03. The molecule has 0 bridgehead atoms. The summed E-state index contributed by atoms with van der Waals surface area (Å²) in [5.74, 6) is 0.320. The van der Waals surface area contributed by atoms with E-state index in [4.69, 9.17) is 5.10 Å². The average Bonchev–Trinajstić information content (AvgIpc) is 3.13. The summed E-state index contributed by atoms with van der Waals surface area (Å²) in [5.41, 5.74) is 6.02. The van der Waals surface area contributed by atoms with Crippen LogP contribution >= 0.6 is 0 Å². The van der Waals surface area contributed by atoms with Crippen molar-refractivity contribution >= 4 is 11.0 Å². The first kappa shape index (κ1) is 20.4. The summed E-state index contributed by atoms with van der Waals surface area (Å²) in [5, 5.41) is 20.3. The van der Waals surface area contributed by atoms with Crippen LogP contribution in [0.25, 0.3) is 16.7 Å². The molecular formula is C24H33N3O. The van der Waals surface area contributed by atoms with Crippen LogP contribution in [0.4, 0.5) is 0 Å². The van der Waals surface area contributed by atoms with Crippen molar-refractivity contribution in [2.45, 2.75) is 78.6 Å². The minimum absolute atomic E-state index is 0.320. The summed E-state index contributed by atoms with van der Waals surface area (Å²) in [6.07, 6.45) is 9.82. The Kier molecular flexibility index (Phi) is 7.07. The van der Waals surface area contributed by atoms with E-state index in [1.165, 1.54) is 24.0 Å². The maximum absolute atomic E-state index is 10.9. The van der Waals surface area contributed by atoms with Gasteiger partial charge in [0, 0.05) is 0 Å². The van der Waals surface area contributed by atoms with Gasteiger partial charge in [0.25, 0.3) is 0 Å². The lowest BCUT2D eigenvalue weighted by molar-refractivity contribution is 0.459. The molecule has 150 valence electrons. The molecule has 0 aliphatic rings. The fourth-order valence-corrected chi connectivity index (χ4v) is 3.58. The first-order chi connectivity index (χ1) is 13.7. The molecule has 1 heterocycles. The van der Waals surface area contributed by atoms with Gasteiger partial charge in [0.05, 0.1) is 0 Å². The number of nitrogens with zero attached hydrogens (tertiary/aromatic N) is 3. The van der Waals surface area contributed by atoms with Gasteiger partial charge in [-0.25, -0.2) is 0 Å². The van der Waals surface area contributed by atoms with Crippen molar-refractivity contribution in [1.82, 2.24) is 15.0 Å². The van der Waals surface area contributed by atoms with Crippen LogP contribution in [0.2, 0.25) is 0 Å². The number of phenols is 1.